The summed E-state index contributed by atoms with van der Waals surface area (Å²) in [7, 11) is 0. The molecule has 4 aliphatic rings. The van der Waals surface area contributed by atoms with Gasteiger partial charge in [0.1, 0.15) is 11.4 Å². The highest BCUT2D eigenvalue weighted by molar-refractivity contribution is 5.93. The van der Waals surface area contributed by atoms with Crippen molar-refractivity contribution in [1.29, 1.82) is 0 Å². The van der Waals surface area contributed by atoms with Gasteiger partial charge in [0.15, 0.2) is 0 Å². The summed E-state index contributed by atoms with van der Waals surface area (Å²) in [5, 5.41) is 13.6. The number of nitrogens with zero attached hydrogens (tertiary/aromatic N) is 2. The normalized spacial score (nSPS) is 33.9. The fraction of sp³-hybridized carbons (Fsp3) is 0.667. The van der Waals surface area contributed by atoms with Crippen molar-refractivity contribution in [3.05, 3.63) is 23.8 Å². The zero-order valence-electron chi connectivity index (χ0n) is 14.1. The van der Waals surface area contributed by atoms with Gasteiger partial charge in [0.25, 0.3) is 11.8 Å². The van der Waals surface area contributed by atoms with E-state index in [0.29, 0.717) is 0 Å². The van der Waals surface area contributed by atoms with Crippen LogP contribution in [0, 0.1) is 23.2 Å². The summed E-state index contributed by atoms with van der Waals surface area (Å²) in [6, 6.07) is 0. The number of carbonyl (C=O) groups is 2. The lowest BCUT2D eigenvalue weighted by Gasteiger charge is -2.58. The molecule has 1 aromatic rings. The summed E-state index contributed by atoms with van der Waals surface area (Å²) in [6.07, 6.45) is 9.11. The molecule has 4 fully saturated rings. The Morgan fingerprint density at radius 2 is 1.64 bits per heavy atom. The van der Waals surface area contributed by atoms with E-state index in [1.807, 2.05) is 0 Å². The van der Waals surface area contributed by atoms with Crippen LogP contribution < -0.4 is 11.1 Å². The predicted octanol–water partition coefficient (Wildman–Crippen LogP) is 0.883. The Morgan fingerprint density at radius 1 is 1.12 bits per heavy atom. The Hall–Kier alpha value is -2.02. The molecule has 0 saturated heterocycles. The fourth-order valence-electron chi connectivity index (χ4n) is 5.65. The van der Waals surface area contributed by atoms with E-state index in [-0.39, 0.29) is 23.3 Å². The van der Waals surface area contributed by atoms with Gasteiger partial charge in [-0.3, -0.25) is 9.59 Å². The van der Waals surface area contributed by atoms with Gasteiger partial charge >= 0.3 is 0 Å². The molecule has 4 bridgehead atoms. The zero-order valence-corrected chi connectivity index (χ0v) is 14.1. The molecule has 4 saturated carbocycles. The molecule has 4 N–H and O–H groups in total. The number of rotatable bonds is 5. The Bertz CT molecular complexity index is 653. The molecule has 7 nitrogen and oxygen atoms in total. The molecule has 1 heterocycles. The molecule has 134 valence electrons. The van der Waals surface area contributed by atoms with Crippen LogP contribution in [0.25, 0.3) is 0 Å². The van der Waals surface area contributed by atoms with Gasteiger partial charge in [-0.2, -0.15) is 0 Å². The number of hydrogen-bond donors (Lipinski definition) is 3. The Balaban J connectivity index is 1.38. The van der Waals surface area contributed by atoms with E-state index in [0.717, 1.165) is 37.0 Å². The molecule has 2 amide bonds. The molecule has 1 aromatic heterocycles. The third-order valence-electron chi connectivity index (χ3n) is 6.39. The lowest BCUT2D eigenvalue weighted by molar-refractivity contribution is -0.118. The van der Waals surface area contributed by atoms with Crippen molar-refractivity contribution in [2.75, 3.05) is 6.54 Å². The third-order valence-corrected chi connectivity index (χ3v) is 6.39. The Kier molecular flexibility index (Phi) is 3.98. The maximum atomic E-state index is 12.2. The first-order valence-corrected chi connectivity index (χ1v) is 9.03. The van der Waals surface area contributed by atoms with E-state index in [1.165, 1.54) is 31.7 Å². The van der Waals surface area contributed by atoms with Crippen molar-refractivity contribution in [3.63, 3.8) is 0 Å². The van der Waals surface area contributed by atoms with Crippen LogP contribution in [0.2, 0.25) is 0 Å². The molecular weight excluding hydrogens is 320 g/mol. The van der Waals surface area contributed by atoms with Gasteiger partial charge in [0.05, 0.1) is 18.5 Å². The lowest BCUT2D eigenvalue weighted by atomic mass is 9.48. The summed E-state index contributed by atoms with van der Waals surface area (Å²) in [5.41, 5.74) is 5.22. The number of hydrogen-bond acceptors (Lipinski definition) is 5. The van der Waals surface area contributed by atoms with Gasteiger partial charge in [-0.15, -0.1) is 0 Å². The average Bonchev–Trinajstić information content (AvgIpc) is 2.58. The van der Waals surface area contributed by atoms with Crippen molar-refractivity contribution in [3.8, 4) is 0 Å². The molecule has 0 spiro atoms. The first-order chi connectivity index (χ1) is 11.9. The number of nitrogens with one attached hydrogen (secondary N) is 1. The second kappa shape index (κ2) is 6.05. The second-order valence-electron chi connectivity index (χ2n) is 8.16. The van der Waals surface area contributed by atoms with Crippen LogP contribution in [-0.2, 0) is 0 Å². The fourth-order valence-corrected chi connectivity index (χ4v) is 5.65. The summed E-state index contributed by atoms with van der Waals surface area (Å²) in [5.74, 6) is 1.18. The molecule has 1 unspecified atom stereocenters. The number of nitrogens with two attached hydrogens (primary N) is 1. The minimum absolute atomic E-state index is 0.0187. The van der Waals surface area contributed by atoms with Gasteiger partial charge < -0.3 is 16.2 Å². The number of amides is 2. The smallest absolute Gasteiger partial charge is 0.271 e. The van der Waals surface area contributed by atoms with Crippen molar-refractivity contribution in [2.24, 2.45) is 28.9 Å². The second-order valence-corrected chi connectivity index (χ2v) is 8.16. The average molecular weight is 344 g/mol. The molecule has 5 rings (SSSR count). The topological polar surface area (TPSA) is 118 Å². The lowest BCUT2D eigenvalue weighted by Crippen LogP contribution is -2.54. The predicted molar refractivity (Wildman–Crippen MR) is 89.5 cm³/mol. The van der Waals surface area contributed by atoms with Crippen LogP contribution in [0.4, 0.5) is 0 Å². The van der Waals surface area contributed by atoms with Crippen LogP contribution in [0.3, 0.4) is 0 Å². The number of aliphatic hydroxyl groups is 1. The Labute approximate surface area is 146 Å². The van der Waals surface area contributed by atoms with Crippen molar-refractivity contribution in [1.82, 2.24) is 15.3 Å². The van der Waals surface area contributed by atoms with Crippen LogP contribution in [-0.4, -0.2) is 39.5 Å². The van der Waals surface area contributed by atoms with Gasteiger partial charge in [0.2, 0.25) is 0 Å². The minimum Gasteiger partial charge on any atom is -0.391 e. The summed E-state index contributed by atoms with van der Waals surface area (Å²) >= 11 is 0. The van der Waals surface area contributed by atoms with Gasteiger partial charge in [-0.05, 0) is 61.7 Å². The number of primary amides is 1. The molecule has 0 aliphatic heterocycles. The third kappa shape index (κ3) is 3.01. The van der Waals surface area contributed by atoms with E-state index in [4.69, 9.17) is 5.73 Å². The SMILES string of the molecule is NC(=O)c1cnc(C(=O)NCC(O)C23CC4CC(CC(C4)C2)C3)cn1. The van der Waals surface area contributed by atoms with Crippen LogP contribution in [0.5, 0.6) is 0 Å². The molecular formula is C18H24N4O3. The van der Waals surface area contributed by atoms with E-state index < -0.39 is 17.9 Å². The monoisotopic (exact) mass is 344 g/mol. The van der Waals surface area contributed by atoms with Crippen LogP contribution in [0.1, 0.15) is 59.5 Å². The molecule has 4 aliphatic carbocycles. The molecule has 1 atom stereocenters. The first kappa shape index (κ1) is 16.4. The minimum atomic E-state index is -0.684. The van der Waals surface area contributed by atoms with E-state index in [2.05, 4.69) is 15.3 Å². The summed E-state index contributed by atoms with van der Waals surface area (Å²) in [4.78, 5) is 30.9. The van der Waals surface area contributed by atoms with E-state index >= 15 is 0 Å². The quantitative estimate of drug-likeness (QED) is 0.733. The van der Waals surface area contributed by atoms with E-state index in [1.54, 1.807) is 0 Å². The van der Waals surface area contributed by atoms with Crippen LogP contribution >= 0.6 is 0 Å². The molecule has 25 heavy (non-hydrogen) atoms. The Morgan fingerprint density at radius 3 is 2.12 bits per heavy atom. The van der Waals surface area contributed by atoms with Gasteiger partial charge in [-0.25, -0.2) is 9.97 Å². The largest absolute Gasteiger partial charge is 0.391 e. The van der Waals surface area contributed by atoms with Crippen molar-refractivity contribution < 1.29 is 14.7 Å². The summed E-state index contributed by atoms with van der Waals surface area (Å²) < 4.78 is 0. The standard InChI is InChI=1S/C18H24N4O3/c19-16(24)13-7-21-14(8-20-13)17(25)22-9-15(23)18-4-10-1-11(5-18)3-12(2-10)6-18/h7-8,10-12,15,23H,1-6,9H2,(H2,19,24)(H,22,25). The highest BCUT2D eigenvalue weighted by Gasteiger charge is 2.53. The highest BCUT2D eigenvalue weighted by Crippen LogP contribution is 2.61. The van der Waals surface area contributed by atoms with Gasteiger partial charge in [0, 0.05) is 6.54 Å². The maximum absolute atomic E-state index is 12.2. The number of aromatic nitrogens is 2. The van der Waals surface area contributed by atoms with Crippen molar-refractivity contribution >= 4 is 11.8 Å². The first-order valence-electron chi connectivity index (χ1n) is 9.03. The molecule has 0 radical (unpaired) electrons. The van der Waals surface area contributed by atoms with Gasteiger partial charge in [-0.1, -0.05) is 0 Å². The number of aliphatic hydroxyl groups excluding tert-OH is 1. The molecule has 0 aromatic carbocycles. The maximum Gasteiger partial charge on any atom is 0.271 e. The van der Waals surface area contributed by atoms with Crippen molar-refractivity contribution in [2.45, 2.75) is 44.6 Å². The number of carbonyl (C=O) groups excluding carboxylic acids is 2. The molecule has 7 heteroatoms. The zero-order chi connectivity index (χ0) is 17.6. The highest BCUT2D eigenvalue weighted by atomic mass is 16.3. The summed E-state index contributed by atoms with van der Waals surface area (Å²) in [6.45, 7) is 0.226. The van der Waals surface area contributed by atoms with E-state index in [9.17, 15) is 14.7 Å². The van der Waals surface area contributed by atoms with Crippen LogP contribution in [0.15, 0.2) is 12.4 Å².